The number of thiol groups is 1. The van der Waals surface area contributed by atoms with Crippen molar-refractivity contribution in [3.8, 4) is 0 Å². The first-order chi connectivity index (χ1) is 3.93. The largest absolute Gasteiger partial charge is 0.313 e. The average Bonchev–Trinajstić information content (AvgIpc) is 1.90. The molecular weight excluding hydrogens is 118 g/mol. The third-order valence-corrected chi connectivity index (χ3v) is 1.77. The van der Waals surface area contributed by atoms with Gasteiger partial charge in [0.25, 0.3) is 0 Å². The van der Waals surface area contributed by atoms with Crippen molar-refractivity contribution in [2.75, 3.05) is 18.8 Å². The van der Waals surface area contributed by atoms with Gasteiger partial charge in [-0.25, -0.2) is 0 Å². The lowest BCUT2D eigenvalue weighted by atomic mass is 10.1. The number of hydrogen-bond acceptors (Lipinski definition) is 2. The normalized spacial score (nSPS) is 20.4. The zero-order chi connectivity index (χ0) is 5.82. The van der Waals surface area contributed by atoms with Crippen LogP contribution in [0.4, 0.5) is 0 Å². The van der Waals surface area contributed by atoms with E-state index >= 15 is 0 Å². The van der Waals surface area contributed by atoms with Crippen LogP contribution in [0.5, 0.6) is 0 Å². The SMILES string of the molecule is SCC1=CCNCC1. The van der Waals surface area contributed by atoms with E-state index in [9.17, 15) is 0 Å². The van der Waals surface area contributed by atoms with E-state index in [-0.39, 0.29) is 0 Å². The van der Waals surface area contributed by atoms with Gasteiger partial charge in [0.2, 0.25) is 0 Å². The summed E-state index contributed by atoms with van der Waals surface area (Å²) in [5.74, 6) is 0.932. The Morgan fingerprint density at radius 3 is 3.00 bits per heavy atom. The van der Waals surface area contributed by atoms with Crippen LogP contribution >= 0.6 is 12.6 Å². The lowest BCUT2D eigenvalue weighted by Crippen LogP contribution is -2.20. The van der Waals surface area contributed by atoms with Crippen molar-refractivity contribution in [1.29, 1.82) is 0 Å². The minimum Gasteiger partial charge on any atom is -0.313 e. The van der Waals surface area contributed by atoms with Crippen molar-refractivity contribution in [3.05, 3.63) is 11.6 Å². The Balaban J connectivity index is 2.37. The Morgan fingerprint density at radius 2 is 2.62 bits per heavy atom. The number of rotatable bonds is 1. The topological polar surface area (TPSA) is 12.0 Å². The third-order valence-electron chi connectivity index (χ3n) is 1.36. The maximum Gasteiger partial charge on any atom is 0.0137 e. The van der Waals surface area contributed by atoms with E-state index in [1.807, 2.05) is 0 Å². The molecule has 0 spiro atoms. The highest BCUT2D eigenvalue weighted by Gasteiger charge is 1.98. The van der Waals surface area contributed by atoms with Gasteiger partial charge in [-0.05, 0) is 13.0 Å². The summed E-state index contributed by atoms with van der Waals surface area (Å²) in [6.45, 7) is 2.17. The van der Waals surface area contributed by atoms with Gasteiger partial charge < -0.3 is 5.32 Å². The second kappa shape index (κ2) is 3.15. The highest BCUT2D eigenvalue weighted by molar-refractivity contribution is 7.80. The van der Waals surface area contributed by atoms with Crippen LogP contribution in [-0.2, 0) is 0 Å². The van der Waals surface area contributed by atoms with Crippen molar-refractivity contribution in [1.82, 2.24) is 5.32 Å². The molecule has 0 aromatic heterocycles. The van der Waals surface area contributed by atoms with Crippen molar-refractivity contribution < 1.29 is 0 Å². The minimum absolute atomic E-state index is 0.932. The molecule has 1 N–H and O–H groups in total. The zero-order valence-corrected chi connectivity index (χ0v) is 5.75. The molecule has 0 bridgehead atoms. The van der Waals surface area contributed by atoms with Crippen LogP contribution in [0.15, 0.2) is 11.6 Å². The lowest BCUT2D eigenvalue weighted by molar-refractivity contribution is 0.705. The van der Waals surface area contributed by atoms with Gasteiger partial charge in [-0.3, -0.25) is 0 Å². The molecule has 46 valence electrons. The fraction of sp³-hybridized carbons (Fsp3) is 0.667. The van der Waals surface area contributed by atoms with Crippen molar-refractivity contribution in [3.63, 3.8) is 0 Å². The van der Waals surface area contributed by atoms with Crippen LogP contribution in [0, 0.1) is 0 Å². The fourth-order valence-corrected chi connectivity index (χ4v) is 1.10. The summed E-state index contributed by atoms with van der Waals surface area (Å²) in [4.78, 5) is 0. The summed E-state index contributed by atoms with van der Waals surface area (Å²) >= 11 is 4.17. The molecule has 1 rings (SSSR count). The van der Waals surface area contributed by atoms with Crippen LogP contribution in [0.25, 0.3) is 0 Å². The van der Waals surface area contributed by atoms with Gasteiger partial charge in [-0.15, -0.1) is 0 Å². The molecule has 0 aromatic carbocycles. The summed E-state index contributed by atoms with van der Waals surface area (Å²) in [5, 5.41) is 3.24. The summed E-state index contributed by atoms with van der Waals surface area (Å²) in [6, 6.07) is 0. The van der Waals surface area contributed by atoms with Gasteiger partial charge in [0, 0.05) is 12.3 Å². The smallest absolute Gasteiger partial charge is 0.0137 e. The Bertz CT molecular complexity index is 98.7. The van der Waals surface area contributed by atoms with Crippen molar-refractivity contribution >= 4 is 12.6 Å². The molecule has 0 unspecified atom stereocenters. The molecular formula is C6H11NS. The zero-order valence-electron chi connectivity index (χ0n) is 4.85. The third kappa shape index (κ3) is 1.53. The molecule has 1 nitrogen and oxygen atoms in total. The fourth-order valence-electron chi connectivity index (χ4n) is 0.813. The molecule has 1 aliphatic rings. The maximum atomic E-state index is 4.17. The Labute approximate surface area is 55.6 Å². The molecule has 0 radical (unpaired) electrons. The first kappa shape index (κ1) is 6.17. The number of nitrogens with one attached hydrogen (secondary N) is 1. The highest BCUT2D eigenvalue weighted by atomic mass is 32.1. The van der Waals surface area contributed by atoms with Crippen LogP contribution < -0.4 is 5.32 Å². The molecule has 0 fully saturated rings. The molecule has 8 heavy (non-hydrogen) atoms. The summed E-state index contributed by atoms with van der Waals surface area (Å²) in [6.07, 6.45) is 3.40. The van der Waals surface area contributed by atoms with Crippen molar-refractivity contribution in [2.24, 2.45) is 0 Å². The van der Waals surface area contributed by atoms with Gasteiger partial charge in [0.1, 0.15) is 0 Å². The summed E-state index contributed by atoms with van der Waals surface area (Å²) < 4.78 is 0. The van der Waals surface area contributed by atoms with E-state index < -0.39 is 0 Å². The van der Waals surface area contributed by atoms with Gasteiger partial charge in [0.15, 0.2) is 0 Å². The second-order valence-electron chi connectivity index (χ2n) is 1.97. The summed E-state index contributed by atoms with van der Waals surface area (Å²) in [7, 11) is 0. The van der Waals surface area contributed by atoms with E-state index in [2.05, 4.69) is 24.0 Å². The molecule has 0 saturated heterocycles. The molecule has 0 saturated carbocycles. The number of hydrogen-bond donors (Lipinski definition) is 2. The maximum absolute atomic E-state index is 4.17. The molecule has 1 aliphatic heterocycles. The van der Waals surface area contributed by atoms with Gasteiger partial charge in [0.05, 0.1) is 0 Å². The monoisotopic (exact) mass is 129 g/mol. The standard InChI is InChI=1S/C6H11NS/c8-5-6-1-3-7-4-2-6/h1,7-8H,2-5H2. The van der Waals surface area contributed by atoms with Crippen molar-refractivity contribution in [2.45, 2.75) is 6.42 Å². The minimum atomic E-state index is 0.932. The average molecular weight is 129 g/mol. The molecule has 0 aromatic rings. The lowest BCUT2D eigenvalue weighted by Gasteiger charge is -2.10. The van der Waals surface area contributed by atoms with Crippen LogP contribution in [0.1, 0.15) is 6.42 Å². The first-order valence-corrected chi connectivity index (χ1v) is 3.56. The van der Waals surface area contributed by atoms with E-state index in [1.165, 1.54) is 12.0 Å². The molecule has 0 aliphatic carbocycles. The van der Waals surface area contributed by atoms with E-state index in [1.54, 1.807) is 0 Å². The predicted molar refractivity (Wildman–Crippen MR) is 39.4 cm³/mol. The van der Waals surface area contributed by atoms with Gasteiger partial charge in [-0.2, -0.15) is 12.6 Å². The van der Waals surface area contributed by atoms with Gasteiger partial charge in [-0.1, -0.05) is 11.6 Å². The Hall–Kier alpha value is 0.0500. The van der Waals surface area contributed by atoms with E-state index in [0.29, 0.717) is 0 Å². The van der Waals surface area contributed by atoms with Crippen LogP contribution in [0.3, 0.4) is 0 Å². The Morgan fingerprint density at radius 1 is 1.75 bits per heavy atom. The van der Waals surface area contributed by atoms with Crippen LogP contribution in [0.2, 0.25) is 0 Å². The van der Waals surface area contributed by atoms with Gasteiger partial charge >= 0.3 is 0 Å². The second-order valence-corrected chi connectivity index (χ2v) is 2.29. The first-order valence-electron chi connectivity index (χ1n) is 2.93. The highest BCUT2D eigenvalue weighted by Crippen LogP contribution is 2.04. The van der Waals surface area contributed by atoms with Crippen LogP contribution in [-0.4, -0.2) is 18.8 Å². The van der Waals surface area contributed by atoms with E-state index in [0.717, 1.165) is 18.8 Å². The molecule has 2 heteroatoms. The predicted octanol–water partition coefficient (Wildman–Crippen LogP) is 0.836. The summed E-state index contributed by atoms with van der Waals surface area (Å²) in [5.41, 5.74) is 1.48. The molecule has 0 atom stereocenters. The Kier molecular flexibility index (Phi) is 2.43. The molecule has 0 amide bonds. The quantitative estimate of drug-likeness (QED) is 0.395. The molecule has 1 heterocycles. The van der Waals surface area contributed by atoms with E-state index in [4.69, 9.17) is 0 Å².